The summed E-state index contributed by atoms with van der Waals surface area (Å²) in [6, 6.07) is 2.22. The Kier molecular flexibility index (Phi) is 4.87. The lowest BCUT2D eigenvalue weighted by atomic mass is 9.92. The van der Waals surface area contributed by atoms with Crippen LogP contribution in [0.5, 0.6) is 0 Å². The summed E-state index contributed by atoms with van der Waals surface area (Å²) in [5.41, 5.74) is -0.489. The van der Waals surface area contributed by atoms with E-state index in [1.807, 2.05) is 6.92 Å². The Hall–Kier alpha value is -0.590. The molecular weight excluding hydrogens is 152 g/mol. The van der Waals surface area contributed by atoms with Crippen molar-refractivity contribution in [2.75, 3.05) is 13.2 Å². The Bertz CT molecular complexity index is 162. The highest BCUT2D eigenvalue weighted by Crippen LogP contribution is 2.14. The van der Waals surface area contributed by atoms with Crippen LogP contribution in [0.15, 0.2) is 0 Å². The predicted molar refractivity (Wildman–Crippen MR) is 48.6 cm³/mol. The summed E-state index contributed by atoms with van der Waals surface area (Å²) in [5, 5.41) is 20.5. The first-order valence-corrected chi connectivity index (χ1v) is 4.31. The lowest BCUT2D eigenvalue weighted by Gasteiger charge is -2.24. The molecule has 0 aromatic rings. The van der Waals surface area contributed by atoms with Gasteiger partial charge >= 0.3 is 0 Å². The number of rotatable bonds is 5. The van der Waals surface area contributed by atoms with Crippen molar-refractivity contribution in [3.05, 3.63) is 0 Å². The minimum atomic E-state index is -0.489. The van der Waals surface area contributed by atoms with Crippen molar-refractivity contribution in [3.8, 4) is 6.07 Å². The molecule has 12 heavy (non-hydrogen) atoms. The molecule has 0 aromatic carbocycles. The third-order valence-corrected chi connectivity index (χ3v) is 1.69. The molecule has 0 fully saturated rings. The van der Waals surface area contributed by atoms with E-state index in [2.05, 4.69) is 25.2 Å². The second-order valence-electron chi connectivity index (χ2n) is 3.69. The van der Waals surface area contributed by atoms with E-state index in [1.54, 1.807) is 0 Å². The molecule has 0 heterocycles. The lowest BCUT2D eigenvalue weighted by Crippen LogP contribution is -2.43. The van der Waals surface area contributed by atoms with Gasteiger partial charge in [-0.05, 0) is 19.3 Å². The minimum absolute atomic E-state index is 0.0787. The SMILES string of the molecule is CC(C)CC(C)(C#N)NCCO. The second kappa shape index (κ2) is 5.13. The Morgan fingerprint density at radius 1 is 1.58 bits per heavy atom. The average Bonchev–Trinajstić information content (AvgIpc) is 2.00. The molecule has 0 aliphatic rings. The van der Waals surface area contributed by atoms with E-state index < -0.39 is 5.54 Å². The highest BCUT2D eigenvalue weighted by molar-refractivity contribution is 5.03. The molecule has 0 radical (unpaired) electrons. The van der Waals surface area contributed by atoms with Crippen LogP contribution in [0.2, 0.25) is 0 Å². The van der Waals surface area contributed by atoms with Gasteiger partial charge in [0.2, 0.25) is 0 Å². The number of nitrogens with zero attached hydrogens (tertiary/aromatic N) is 1. The van der Waals surface area contributed by atoms with Gasteiger partial charge in [0, 0.05) is 6.54 Å². The van der Waals surface area contributed by atoms with Crippen LogP contribution in [-0.2, 0) is 0 Å². The summed E-state index contributed by atoms with van der Waals surface area (Å²) in [6.45, 7) is 6.58. The van der Waals surface area contributed by atoms with Gasteiger partial charge in [0.25, 0.3) is 0 Å². The lowest BCUT2D eigenvalue weighted by molar-refractivity contribution is 0.265. The quantitative estimate of drug-likeness (QED) is 0.644. The Balaban J connectivity index is 3.98. The summed E-state index contributed by atoms with van der Waals surface area (Å²) < 4.78 is 0. The molecule has 3 nitrogen and oxygen atoms in total. The Morgan fingerprint density at radius 3 is 2.50 bits per heavy atom. The van der Waals surface area contributed by atoms with Gasteiger partial charge in [-0.1, -0.05) is 13.8 Å². The first kappa shape index (κ1) is 11.4. The number of aliphatic hydroxyl groups excluding tert-OH is 1. The van der Waals surface area contributed by atoms with Crippen molar-refractivity contribution in [1.82, 2.24) is 5.32 Å². The third-order valence-electron chi connectivity index (χ3n) is 1.69. The first-order chi connectivity index (χ1) is 5.54. The fraction of sp³-hybridized carbons (Fsp3) is 0.889. The second-order valence-corrected chi connectivity index (χ2v) is 3.69. The molecule has 0 saturated carbocycles. The normalized spacial score (nSPS) is 15.7. The van der Waals surface area contributed by atoms with Crippen molar-refractivity contribution in [1.29, 1.82) is 5.26 Å². The molecule has 0 bridgehead atoms. The number of hydrogen-bond acceptors (Lipinski definition) is 3. The monoisotopic (exact) mass is 170 g/mol. The molecule has 0 rings (SSSR count). The van der Waals surface area contributed by atoms with Gasteiger partial charge in [0.1, 0.15) is 5.54 Å². The smallest absolute Gasteiger partial charge is 0.104 e. The number of aliphatic hydroxyl groups is 1. The number of nitrogens with one attached hydrogen (secondary N) is 1. The highest BCUT2D eigenvalue weighted by atomic mass is 16.3. The summed E-state index contributed by atoms with van der Waals surface area (Å²) in [5.74, 6) is 0.487. The summed E-state index contributed by atoms with van der Waals surface area (Å²) in [7, 11) is 0. The zero-order valence-corrected chi connectivity index (χ0v) is 8.09. The molecular formula is C9H18N2O. The molecule has 70 valence electrons. The van der Waals surface area contributed by atoms with E-state index in [0.29, 0.717) is 12.5 Å². The van der Waals surface area contributed by atoms with Gasteiger partial charge in [-0.3, -0.25) is 5.32 Å². The minimum Gasteiger partial charge on any atom is -0.395 e. The summed E-state index contributed by atoms with van der Waals surface area (Å²) in [4.78, 5) is 0. The van der Waals surface area contributed by atoms with Crippen LogP contribution >= 0.6 is 0 Å². The van der Waals surface area contributed by atoms with Gasteiger partial charge in [0.05, 0.1) is 12.7 Å². The van der Waals surface area contributed by atoms with Crippen LogP contribution in [0.4, 0.5) is 0 Å². The van der Waals surface area contributed by atoms with Crippen molar-refractivity contribution < 1.29 is 5.11 Å². The maximum atomic E-state index is 8.87. The van der Waals surface area contributed by atoms with Crippen LogP contribution in [0.3, 0.4) is 0 Å². The van der Waals surface area contributed by atoms with E-state index >= 15 is 0 Å². The van der Waals surface area contributed by atoms with Crippen LogP contribution in [-0.4, -0.2) is 23.8 Å². The third kappa shape index (κ3) is 4.32. The molecule has 3 heteroatoms. The zero-order chi connectivity index (χ0) is 9.61. The first-order valence-electron chi connectivity index (χ1n) is 4.31. The van der Waals surface area contributed by atoms with Crippen molar-refractivity contribution in [2.24, 2.45) is 5.92 Å². The average molecular weight is 170 g/mol. The topological polar surface area (TPSA) is 56.0 Å². The number of hydrogen-bond donors (Lipinski definition) is 2. The van der Waals surface area contributed by atoms with E-state index in [1.165, 1.54) is 0 Å². The number of nitriles is 1. The summed E-state index contributed by atoms with van der Waals surface area (Å²) >= 11 is 0. The number of β-amino-alcohol motifs (C(OH)–C–C–N with tert-alkyl or cyclic N) is 1. The predicted octanol–water partition coefficient (Wildman–Crippen LogP) is 0.897. The summed E-state index contributed by atoms with van der Waals surface area (Å²) in [6.07, 6.45) is 0.809. The van der Waals surface area contributed by atoms with Gasteiger partial charge in [0.15, 0.2) is 0 Å². The Morgan fingerprint density at radius 2 is 2.17 bits per heavy atom. The fourth-order valence-corrected chi connectivity index (χ4v) is 1.31. The van der Waals surface area contributed by atoms with Crippen LogP contribution < -0.4 is 5.32 Å². The molecule has 0 aliphatic heterocycles. The Labute approximate surface area is 74.4 Å². The fourth-order valence-electron chi connectivity index (χ4n) is 1.31. The van der Waals surface area contributed by atoms with Crippen LogP contribution in [0, 0.1) is 17.2 Å². The van der Waals surface area contributed by atoms with E-state index in [-0.39, 0.29) is 6.61 Å². The largest absolute Gasteiger partial charge is 0.395 e. The molecule has 0 amide bonds. The maximum absolute atomic E-state index is 8.87. The van der Waals surface area contributed by atoms with Crippen LogP contribution in [0.25, 0.3) is 0 Å². The standard InChI is InChI=1S/C9H18N2O/c1-8(2)6-9(3,7-10)11-4-5-12/h8,11-12H,4-6H2,1-3H3. The van der Waals surface area contributed by atoms with E-state index in [0.717, 1.165) is 6.42 Å². The molecule has 0 saturated heterocycles. The van der Waals surface area contributed by atoms with Crippen molar-refractivity contribution >= 4 is 0 Å². The van der Waals surface area contributed by atoms with E-state index in [4.69, 9.17) is 10.4 Å². The molecule has 0 aromatic heterocycles. The van der Waals surface area contributed by atoms with Gasteiger partial charge in [-0.2, -0.15) is 5.26 Å². The molecule has 1 atom stereocenters. The van der Waals surface area contributed by atoms with Gasteiger partial charge in [-0.15, -0.1) is 0 Å². The molecule has 0 spiro atoms. The zero-order valence-electron chi connectivity index (χ0n) is 8.09. The van der Waals surface area contributed by atoms with E-state index in [9.17, 15) is 0 Å². The van der Waals surface area contributed by atoms with Gasteiger partial charge < -0.3 is 5.11 Å². The molecule has 0 aliphatic carbocycles. The highest BCUT2D eigenvalue weighted by Gasteiger charge is 2.23. The van der Waals surface area contributed by atoms with Crippen LogP contribution in [0.1, 0.15) is 27.2 Å². The maximum Gasteiger partial charge on any atom is 0.104 e. The van der Waals surface area contributed by atoms with Crippen molar-refractivity contribution in [3.63, 3.8) is 0 Å². The van der Waals surface area contributed by atoms with Crippen molar-refractivity contribution in [2.45, 2.75) is 32.7 Å². The molecule has 1 unspecified atom stereocenters. The van der Waals surface area contributed by atoms with Gasteiger partial charge in [-0.25, -0.2) is 0 Å². The molecule has 2 N–H and O–H groups in total.